The molecule has 3 nitrogen and oxygen atoms in total. The van der Waals surface area contributed by atoms with E-state index in [1.54, 1.807) is 12.1 Å². The second-order valence-electron chi connectivity index (χ2n) is 4.30. The van der Waals surface area contributed by atoms with Gasteiger partial charge < -0.3 is 15.2 Å². The number of fused-ring (bicyclic) bond motifs is 1. The summed E-state index contributed by atoms with van der Waals surface area (Å²) in [6.07, 6.45) is -1.73. The molecule has 16 heavy (non-hydrogen) atoms. The van der Waals surface area contributed by atoms with Crippen LogP contribution < -0.4 is 15.2 Å². The number of nitrogens with two attached hydrogens (primary N) is 1. The number of rotatable bonds is 1. The normalized spacial score (nSPS) is 29.9. The number of alkyl halides is 2. The van der Waals surface area contributed by atoms with E-state index in [0.717, 1.165) is 18.4 Å². The molecule has 86 valence electrons. The number of hydrogen-bond acceptors (Lipinski definition) is 3. The van der Waals surface area contributed by atoms with Gasteiger partial charge in [-0.25, -0.2) is 0 Å². The Bertz CT molecular complexity index is 430. The van der Waals surface area contributed by atoms with Crippen molar-refractivity contribution in [3.8, 4) is 11.5 Å². The van der Waals surface area contributed by atoms with Gasteiger partial charge in [-0.2, -0.15) is 0 Å². The zero-order chi connectivity index (χ0) is 11.3. The highest BCUT2D eigenvalue weighted by atomic mass is 19.3. The summed E-state index contributed by atoms with van der Waals surface area (Å²) >= 11 is 0. The van der Waals surface area contributed by atoms with Crippen LogP contribution in [-0.2, 0) is 0 Å². The number of hydrogen-bond donors (Lipinski definition) is 1. The van der Waals surface area contributed by atoms with Crippen LogP contribution in [0, 0.1) is 0 Å². The molecule has 0 amide bonds. The third-order valence-corrected chi connectivity index (χ3v) is 3.07. The Morgan fingerprint density at radius 1 is 1.19 bits per heavy atom. The summed E-state index contributed by atoms with van der Waals surface area (Å²) in [5, 5.41) is 0. The Kier molecular flexibility index (Phi) is 1.89. The van der Waals surface area contributed by atoms with Crippen molar-refractivity contribution in [3.05, 3.63) is 23.8 Å². The topological polar surface area (TPSA) is 44.5 Å². The van der Waals surface area contributed by atoms with Crippen molar-refractivity contribution in [2.75, 3.05) is 0 Å². The zero-order valence-corrected chi connectivity index (χ0v) is 8.45. The Morgan fingerprint density at radius 2 is 1.88 bits per heavy atom. The summed E-state index contributed by atoms with van der Waals surface area (Å²) in [7, 11) is 0. The van der Waals surface area contributed by atoms with Crippen molar-refractivity contribution in [3.63, 3.8) is 0 Å². The van der Waals surface area contributed by atoms with E-state index in [1.165, 1.54) is 6.07 Å². The second kappa shape index (κ2) is 3.07. The highest BCUT2D eigenvalue weighted by Crippen LogP contribution is 2.44. The van der Waals surface area contributed by atoms with Gasteiger partial charge in [0.2, 0.25) is 0 Å². The van der Waals surface area contributed by atoms with Gasteiger partial charge in [-0.3, -0.25) is 0 Å². The Hall–Kier alpha value is -1.36. The van der Waals surface area contributed by atoms with E-state index in [9.17, 15) is 8.78 Å². The minimum Gasteiger partial charge on any atom is -0.395 e. The fraction of sp³-hybridized carbons (Fsp3) is 0.455. The maximum Gasteiger partial charge on any atom is 0.586 e. The average molecular weight is 227 g/mol. The van der Waals surface area contributed by atoms with Gasteiger partial charge in [0.15, 0.2) is 11.5 Å². The molecule has 2 N–H and O–H groups in total. The summed E-state index contributed by atoms with van der Waals surface area (Å²) in [5.74, 6) is 0.568. The maximum absolute atomic E-state index is 12.8. The lowest BCUT2D eigenvalue weighted by Crippen LogP contribution is -2.34. The first kappa shape index (κ1) is 9.84. The Labute approximate surface area is 91.1 Å². The van der Waals surface area contributed by atoms with Crippen LogP contribution in [0.3, 0.4) is 0 Å². The lowest BCUT2D eigenvalue weighted by molar-refractivity contribution is -0.286. The van der Waals surface area contributed by atoms with Gasteiger partial charge in [0, 0.05) is 6.04 Å². The predicted molar refractivity (Wildman–Crippen MR) is 52.6 cm³/mol. The minimum atomic E-state index is -3.53. The molecular weight excluding hydrogens is 216 g/mol. The quantitative estimate of drug-likeness (QED) is 0.800. The molecule has 1 heterocycles. The van der Waals surface area contributed by atoms with Gasteiger partial charge in [-0.15, -0.1) is 8.78 Å². The van der Waals surface area contributed by atoms with Crippen molar-refractivity contribution < 1.29 is 18.3 Å². The van der Waals surface area contributed by atoms with Gasteiger partial charge in [0.1, 0.15) is 0 Å². The Morgan fingerprint density at radius 3 is 2.56 bits per heavy atom. The number of halogens is 2. The molecule has 5 heteroatoms. The molecule has 0 radical (unpaired) electrons. The van der Waals surface area contributed by atoms with Gasteiger partial charge in [-0.05, 0) is 36.5 Å². The minimum absolute atomic E-state index is 0.0948. The molecule has 0 unspecified atom stereocenters. The molecule has 1 aromatic rings. The first-order valence-electron chi connectivity index (χ1n) is 5.19. The standard InChI is InChI=1S/C11H11F2NO2/c12-11(13)15-9-2-1-6(5-10(9)16-11)7-3-8(14)4-7/h1-2,5,7-8H,3-4,14H2. The van der Waals surface area contributed by atoms with E-state index in [4.69, 9.17) is 5.73 Å². The van der Waals surface area contributed by atoms with E-state index in [-0.39, 0.29) is 17.5 Å². The molecule has 0 atom stereocenters. The number of benzene rings is 1. The first-order valence-corrected chi connectivity index (χ1v) is 5.19. The summed E-state index contributed by atoms with van der Waals surface area (Å²) in [6, 6.07) is 5.17. The van der Waals surface area contributed by atoms with Crippen LogP contribution in [0.25, 0.3) is 0 Å². The molecule has 0 spiro atoms. The molecule has 1 aliphatic carbocycles. The van der Waals surface area contributed by atoms with Crippen LogP contribution in [0.15, 0.2) is 18.2 Å². The predicted octanol–water partition coefficient (Wildman–Crippen LogP) is 2.21. The smallest absolute Gasteiger partial charge is 0.395 e. The molecule has 2 aliphatic rings. The lowest BCUT2D eigenvalue weighted by Gasteiger charge is -2.32. The molecule has 1 aliphatic heterocycles. The van der Waals surface area contributed by atoms with E-state index < -0.39 is 6.29 Å². The first-order chi connectivity index (χ1) is 7.53. The zero-order valence-electron chi connectivity index (χ0n) is 8.45. The van der Waals surface area contributed by atoms with Crippen LogP contribution in [-0.4, -0.2) is 12.3 Å². The molecule has 0 saturated heterocycles. The van der Waals surface area contributed by atoms with Gasteiger partial charge in [0.05, 0.1) is 0 Å². The fourth-order valence-electron chi connectivity index (χ4n) is 2.15. The summed E-state index contributed by atoms with van der Waals surface area (Å²) in [5.41, 5.74) is 6.67. The molecule has 1 saturated carbocycles. The average Bonchev–Trinajstić information content (AvgIpc) is 2.45. The fourth-order valence-corrected chi connectivity index (χ4v) is 2.15. The van der Waals surface area contributed by atoms with Crippen LogP contribution in [0.2, 0.25) is 0 Å². The number of ether oxygens (including phenoxy) is 2. The van der Waals surface area contributed by atoms with Crippen molar-refractivity contribution in [1.82, 2.24) is 0 Å². The molecule has 1 aromatic carbocycles. The lowest BCUT2D eigenvalue weighted by atomic mass is 9.76. The Balaban J connectivity index is 1.85. The summed E-state index contributed by atoms with van der Waals surface area (Å²) < 4.78 is 34.2. The van der Waals surface area contributed by atoms with E-state index in [0.29, 0.717) is 5.92 Å². The second-order valence-corrected chi connectivity index (χ2v) is 4.30. The third kappa shape index (κ3) is 1.51. The molecular formula is C11H11F2NO2. The van der Waals surface area contributed by atoms with Crippen LogP contribution in [0.5, 0.6) is 11.5 Å². The third-order valence-electron chi connectivity index (χ3n) is 3.07. The van der Waals surface area contributed by atoms with Crippen molar-refractivity contribution in [2.45, 2.75) is 31.1 Å². The maximum atomic E-state index is 12.8. The van der Waals surface area contributed by atoms with Crippen LogP contribution >= 0.6 is 0 Å². The van der Waals surface area contributed by atoms with Crippen molar-refractivity contribution in [2.24, 2.45) is 5.73 Å². The SMILES string of the molecule is NC1CC(c2ccc3c(c2)OC(F)(F)O3)C1. The van der Waals surface area contributed by atoms with Crippen molar-refractivity contribution >= 4 is 0 Å². The monoisotopic (exact) mass is 227 g/mol. The molecule has 1 fully saturated rings. The molecule has 3 rings (SSSR count). The highest BCUT2D eigenvalue weighted by Gasteiger charge is 2.43. The van der Waals surface area contributed by atoms with Gasteiger partial charge in [-0.1, -0.05) is 6.07 Å². The van der Waals surface area contributed by atoms with Gasteiger partial charge >= 0.3 is 6.29 Å². The largest absolute Gasteiger partial charge is 0.586 e. The van der Waals surface area contributed by atoms with Crippen LogP contribution in [0.1, 0.15) is 24.3 Å². The van der Waals surface area contributed by atoms with Gasteiger partial charge in [0.25, 0.3) is 0 Å². The summed E-state index contributed by atoms with van der Waals surface area (Å²) in [4.78, 5) is 0. The highest BCUT2D eigenvalue weighted by molar-refractivity contribution is 5.46. The van der Waals surface area contributed by atoms with Crippen molar-refractivity contribution in [1.29, 1.82) is 0 Å². The van der Waals surface area contributed by atoms with E-state index >= 15 is 0 Å². The molecule has 0 aromatic heterocycles. The molecule has 0 bridgehead atoms. The van der Waals surface area contributed by atoms with Crippen LogP contribution in [0.4, 0.5) is 8.78 Å². The van der Waals surface area contributed by atoms with E-state index in [2.05, 4.69) is 9.47 Å². The van der Waals surface area contributed by atoms with E-state index in [1.807, 2.05) is 0 Å². The summed E-state index contributed by atoms with van der Waals surface area (Å²) in [6.45, 7) is 0.